The van der Waals surface area contributed by atoms with Crippen LogP contribution >= 0.6 is 0 Å². The van der Waals surface area contributed by atoms with Gasteiger partial charge in [-0.2, -0.15) is 0 Å². The molecule has 0 atom stereocenters. The van der Waals surface area contributed by atoms with Crippen molar-refractivity contribution in [2.24, 2.45) is 5.84 Å². The van der Waals surface area contributed by atoms with Crippen LogP contribution in [0, 0.1) is 0 Å². The number of benzene rings is 1. The van der Waals surface area contributed by atoms with Crippen LogP contribution in [0.3, 0.4) is 0 Å². The van der Waals surface area contributed by atoms with Crippen LogP contribution in [-0.2, 0) is 24.4 Å². The van der Waals surface area contributed by atoms with Crippen LogP contribution in [0.15, 0.2) is 36.7 Å². The highest BCUT2D eigenvalue weighted by Gasteiger charge is 2.23. The maximum absolute atomic E-state index is 12.6. The quantitative estimate of drug-likeness (QED) is 0.142. The summed E-state index contributed by atoms with van der Waals surface area (Å²) < 4.78 is 13.9. The van der Waals surface area contributed by atoms with Gasteiger partial charge in [0.1, 0.15) is 23.9 Å². The molecule has 2 amide bonds. The zero-order valence-electron chi connectivity index (χ0n) is 20.2. The molecule has 0 saturated carbocycles. The third kappa shape index (κ3) is 5.64. The lowest BCUT2D eigenvalue weighted by molar-refractivity contribution is 0.0892. The van der Waals surface area contributed by atoms with Crippen molar-refractivity contribution in [1.29, 1.82) is 0 Å². The molecule has 0 fully saturated rings. The first kappa shape index (κ1) is 24.7. The second-order valence-electron chi connectivity index (χ2n) is 9.83. The highest BCUT2D eigenvalue weighted by atomic mass is 28.3. The first-order valence-corrected chi connectivity index (χ1v) is 15.2. The van der Waals surface area contributed by atoms with Crippen LogP contribution in [0.25, 0.3) is 11.0 Å². The third-order valence-electron chi connectivity index (χ3n) is 6.01. The standard InChI is InChI=1S/C24H31N5O5Si/c1-35(2,3)11-10-33-15-29-14-19(23(30)27-25)21-20(6-8-26-22(21)29)34-18-5-4-16-7-9-28(24(31)32)13-17(16)12-18/h4-6,8,12,14H,7,9-11,13,15,25H2,1-3H3,(H,27,30)(H,31,32). The van der Waals surface area contributed by atoms with Gasteiger partial charge < -0.3 is 24.0 Å². The van der Waals surface area contributed by atoms with E-state index in [9.17, 15) is 14.7 Å². The molecule has 0 aliphatic carbocycles. The second kappa shape index (κ2) is 10.1. The third-order valence-corrected chi connectivity index (χ3v) is 7.71. The van der Waals surface area contributed by atoms with E-state index in [0.717, 1.165) is 17.2 Å². The molecule has 3 aromatic rings. The summed E-state index contributed by atoms with van der Waals surface area (Å²) in [6.07, 6.45) is 3.00. The van der Waals surface area contributed by atoms with Gasteiger partial charge in [0.2, 0.25) is 0 Å². The van der Waals surface area contributed by atoms with E-state index in [-0.39, 0.29) is 6.73 Å². The van der Waals surface area contributed by atoms with Gasteiger partial charge in [0, 0.05) is 40.2 Å². The minimum atomic E-state index is -1.23. The number of fused-ring (bicyclic) bond motifs is 2. The zero-order valence-corrected chi connectivity index (χ0v) is 21.2. The Kier molecular flexibility index (Phi) is 7.10. The predicted octanol–water partition coefficient (Wildman–Crippen LogP) is 3.78. The van der Waals surface area contributed by atoms with E-state index in [1.54, 1.807) is 23.0 Å². The number of carbonyl (C=O) groups excluding carboxylic acids is 1. The summed E-state index contributed by atoms with van der Waals surface area (Å²) in [5, 5.41) is 9.86. The molecule has 4 N–H and O–H groups in total. The van der Waals surface area contributed by atoms with Crippen molar-refractivity contribution in [2.45, 2.75) is 45.4 Å². The number of carbonyl (C=O) groups is 2. The first-order valence-electron chi connectivity index (χ1n) is 11.5. The number of carboxylic acid groups (broad SMARTS) is 1. The number of ether oxygens (including phenoxy) is 2. The summed E-state index contributed by atoms with van der Waals surface area (Å²) in [6, 6.07) is 8.36. The molecule has 3 heterocycles. The number of hydrogen-bond donors (Lipinski definition) is 3. The zero-order chi connectivity index (χ0) is 25.2. The molecule has 35 heavy (non-hydrogen) atoms. The Morgan fingerprint density at radius 2 is 2.03 bits per heavy atom. The van der Waals surface area contributed by atoms with Gasteiger partial charge in [0.05, 0.1) is 10.9 Å². The van der Waals surface area contributed by atoms with E-state index >= 15 is 0 Å². The fourth-order valence-corrected chi connectivity index (χ4v) is 4.80. The highest BCUT2D eigenvalue weighted by Crippen LogP contribution is 2.34. The number of nitrogen functional groups attached to an aromatic ring is 1. The average molecular weight is 498 g/mol. The molecular weight excluding hydrogens is 466 g/mol. The Morgan fingerprint density at radius 1 is 1.23 bits per heavy atom. The minimum Gasteiger partial charge on any atom is -0.465 e. The van der Waals surface area contributed by atoms with Crippen molar-refractivity contribution in [1.82, 2.24) is 19.9 Å². The molecule has 0 bridgehead atoms. The maximum atomic E-state index is 12.6. The maximum Gasteiger partial charge on any atom is 0.407 e. The Morgan fingerprint density at radius 3 is 2.74 bits per heavy atom. The molecular formula is C24H31N5O5Si. The van der Waals surface area contributed by atoms with E-state index in [2.05, 4.69) is 30.1 Å². The van der Waals surface area contributed by atoms with E-state index in [0.29, 0.717) is 54.2 Å². The SMILES string of the molecule is C[Si](C)(C)CCOCn1cc(C(=O)NN)c2c(Oc3ccc4c(c3)CN(C(=O)O)CC4)ccnc21. The molecule has 1 aliphatic rings. The number of hydrazine groups is 1. The van der Waals surface area contributed by atoms with E-state index < -0.39 is 20.1 Å². The molecule has 11 heteroatoms. The Hall–Kier alpha value is -3.41. The summed E-state index contributed by atoms with van der Waals surface area (Å²) >= 11 is 0. The van der Waals surface area contributed by atoms with Gasteiger partial charge in [-0.25, -0.2) is 15.6 Å². The lowest BCUT2D eigenvalue weighted by Crippen LogP contribution is -2.34. The number of nitrogens with one attached hydrogen (secondary N) is 1. The fourth-order valence-electron chi connectivity index (χ4n) is 4.05. The molecule has 0 saturated heterocycles. The number of nitrogens with two attached hydrogens (primary N) is 1. The predicted molar refractivity (Wildman–Crippen MR) is 134 cm³/mol. The largest absolute Gasteiger partial charge is 0.465 e. The van der Waals surface area contributed by atoms with E-state index in [1.165, 1.54) is 4.90 Å². The molecule has 2 aromatic heterocycles. The van der Waals surface area contributed by atoms with Crippen molar-refractivity contribution in [3.63, 3.8) is 0 Å². The van der Waals surface area contributed by atoms with Crippen molar-refractivity contribution in [3.05, 3.63) is 53.3 Å². The minimum absolute atomic E-state index is 0.249. The lowest BCUT2D eigenvalue weighted by atomic mass is 10.00. The summed E-state index contributed by atoms with van der Waals surface area (Å²) in [6.45, 7) is 8.52. The molecule has 0 unspecified atom stereocenters. The number of aromatic nitrogens is 2. The first-order chi connectivity index (χ1) is 16.7. The summed E-state index contributed by atoms with van der Waals surface area (Å²) in [5.41, 5.74) is 5.06. The molecule has 10 nitrogen and oxygen atoms in total. The molecule has 1 aliphatic heterocycles. The Labute approximate surface area is 204 Å². The number of rotatable bonds is 8. The van der Waals surface area contributed by atoms with Gasteiger partial charge in [0.15, 0.2) is 0 Å². The van der Waals surface area contributed by atoms with Gasteiger partial charge in [-0.05, 0) is 41.8 Å². The van der Waals surface area contributed by atoms with Crippen molar-refractivity contribution >= 4 is 31.1 Å². The molecule has 1 aromatic carbocycles. The number of amides is 2. The molecule has 186 valence electrons. The number of hydrogen-bond acceptors (Lipinski definition) is 6. The van der Waals surface area contributed by atoms with Gasteiger partial charge in [0.25, 0.3) is 5.91 Å². The summed E-state index contributed by atoms with van der Waals surface area (Å²) in [4.78, 5) is 29.8. The van der Waals surface area contributed by atoms with Gasteiger partial charge in [-0.3, -0.25) is 10.2 Å². The Balaban J connectivity index is 1.63. The highest BCUT2D eigenvalue weighted by molar-refractivity contribution is 6.76. The van der Waals surface area contributed by atoms with E-state index in [1.807, 2.05) is 18.2 Å². The number of pyridine rings is 1. The van der Waals surface area contributed by atoms with Crippen LogP contribution in [0.5, 0.6) is 11.5 Å². The second-order valence-corrected chi connectivity index (χ2v) is 15.4. The number of nitrogens with zero attached hydrogens (tertiary/aromatic N) is 3. The van der Waals surface area contributed by atoms with Crippen molar-refractivity contribution < 1.29 is 24.2 Å². The van der Waals surface area contributed by atoms with Crippen molar-refractivity contribution in [3.8, 4) is 11.5 Å². The molecule has 0 spiro atoms. The fraction of sp³-hybridized carbons (Fsp3) is 0.375. The van der Waals surface area contributed by atoms with Crippen LogP contribution in [-0.4, -0.2) is 52.8 Å². The average Bonchev–Trinajstić information content (AvgIpc) is 3.20. The molecule has 4 rings (SSSR count). The topological polar surface area (TPSA) is 132 Å². The van der Waals surface area contributed by atoms with Gasteiger partial charge in [-0.15, -0.1) is 0 Å². The van der Waals surface area contributed by atoms with Crippen LogP contribution in [0.2, 0.25) is 25.7 Å². The summed E-state index contributed by atoms with van der Waals surface area (Å²) in [5.74, 6) is 5.97. The smallest absolute Gasteiger partial charge is 0.407 e. The van der Waals surface area contributed by atoms with E-state index in [4.69, 9.17) is 15.3 Å². The van der Waals surface area contributed by atoms with Gasteiger partial charge >= 0.3 is 6.09 Å². The van der Waals surface area contributed by atoms with Crippen LogP contribution < -0.4 is 16.0 Å². The monoisotopic (exact) mass is 497 g/mol. The normalized spacial score (nSPS) is 13.5. The van der Waals surface area contributed by atoms with Crippen molar-refractivity contribution in [2.75, 3.05) is 13.2 Å². The lowest BCUT2D eigenvalue weighted by Gasteiger charge is -2.26. The van der Waals surface area contributed by atoms with Gasteiger partial charge in [-0.1, -0.05) is 25.7 Å². The Bertz CT molecular complexity index is 1250. The molecule has 0 radical (unpaired) electrons. The van der Waals surface area contributed by atoms with Crippen LogP contribution in [0.4, 0.5) is 4.79 Å². The van der Waals surface area contributed by atoms with Crippen LogP contribution in [0.1, 0.15) is 21.5 Å². The summed E-state index contributed by atoms with van der Waals surface area (Å²) in [7, 11) is -1.23.